The molecule has 1 atom stereocenters. The third kappa shape index (κ3) is 4.35. The fraction of sp³-hybridized carbons (Fsp3) is 0.625. The van der Waals surface area contributed by atoms with Crippen molar-refractivity contribution in [3.05, 3.63) is 12.1 Å². The smallest absolute Gasteiger partial charge is 0.463 e. The predicted molar refractivity (Wildman–Crippen MR) is 44.3 cm³/mol. The number of hydrogen-bond acceptors (Lipinski definition) is 4. The molecule has 0 fully saturated rings. The SMILES string of the molecule is COC(=O)C(F)(F)OC(F)(C(F)(F)F)C(F)(F)OC(F)=C(F)F. The summed E-state index contributed by atoms with van der Waals surface area (Å²) in [5.41, 5.74) is 0. The summed E-state index contributed by atoms with van der Waals surface area (Å²) in [7, 11) is 0.141. The Balaban J connectivity index is 5.95. The predicted octanol–water partition coefficient (Wildman–Crippen LogP) is 3.64. The zero-order valence-corrected chi connectivity index (χ0v) is 10.3. The topological polar surface area (TPSA) is 44.8 Å². The lowest BCUT2D eigenvalue weighted by atomic mass is 10.2. The molecule has 0 amide bonds. The lowest BCUT2D eigenvalue weighted by molar-refractivity contribution is -0.491. The molecule has 136 valence electrons. The standard InChI is InChI=1S/C8H3F11O4/c1-21-4(20)5(12,13)23-6(14,7(15,16)17)8(18,19)22-3(11)2(9)10/h1H3. The summed E-state index contributed by atoms with van der Waals surface area (Å²) in [4.78, 5) is 10.4. The van der Waals surface area contributed by atoms with Crippen LogP contribution in [-0.4, -0.2) is 37.3 Å². The van der Waals surface area contributed by atoms with Gasteiger partial charge in [-0.25, -0.2) is 4.79 Å². The molecule has 23 heavy (non-hydrogen) atoms. The molecule has 0 spiro atoms. The molecular formula is C8H3F11O4. The van der Waals surface area contributed by atoms with Crippen molar-refractivity contribution >= 4 is 5.97 Å². The van der Waals surface area contributed by atoms with Gasteiger partial charge in [0.25, 0.3) is 0 Å². The maximum absolute atomic E-state index is 13.3. The van der Waals surface area contributed by atoms with E-state index in [1.54, 1.807) is 0 Å². The van der Waals surface area contributed by atoms with Crippen LogP contribution in [0.25, 0.3) is 0 Å². The highest BCUT2D eigenvalue weighted by molar-refractivity contribution is 5.75. The molecule has 0 N–H and O–H groups in total. The van der Waals surface area contributed by atoms with E-state index in [1.807, 2.05) is 0 Å². The van der Waals surface area contributed by atoms with Crippen molar-refractivity contribution in [3.8, 4) is 0 Å². The van der Waals surface area contributed by atoms with Crippen molar-refractivity contribution in [2.45, 2.75) is 24.2 Å². The Morgan fingerprint density at radius 2 is 1.30 bits per heavy atom. The van der Waals surface area contributed by atoms with Gasteiger partial charge >= 0.3 is 42.3 Å². The highest BCUT2D eigenvalue weighted by Crippen LogP contribution is 2.50. The number of alkyl halides is 8. The van der Waals surface area contributed by atoms with Crippen molar-refractivity contribution in [2.24, 2.45) is 0 Å². The molecular weight excluding hydrogens is 369 g/mol. The van der Waals surface area contributed by atoms with Gasteiger partial charge in [0.1, 0.15) is 0 Å². The quantitative estimate of drug-likeness (QED) is 0.406. The fourth-order valence-electron chi connectivity index (χ4n) is 0.836. The van der Waals surface area contributed by atoms with Crippen LogP contribution in [0.4, 0.5) is 48.3 Å². The van der Waals surface area contributed by atoms with Gasteiger partial charge in [-0.3, -0.25) is 4.74 Å². The normalized spacial score (nSPS) is 15.7. The second-order valence-electron chi connectivity index (χ2n) is 3.36. The summed E-state index contributed by atoms with van der Waals surface area (Å²) in [5, 5.41) is 0. The average Bonchev–Trinajstić information content (AvgIpc) is 2.34. The molecule has 4 nitrogen and oxygen atoms in total. The number of carbonyl (C=O) groups is 1. The Morgan fingerprint density at radius 1 is 0.870 bits per heavy atom. The molecule has 15 heteroatoms. The van der Waals surface area contributed by atoms with Crippen LogP contribution >= 0.6 is 0 Å². The molecule has 0 radical (unpaired) electrons. The summed E-state index contributed by atoms with van der Waals surface area (Å²) in [6.45, 7) is 0. The van der Waals surface area contributed by atoms with Crippen LogP contribution in [0.2, 0.25) is 0 Å². The molecule has 0 heterocycles. The maximum Gasteiger partial charge on any atom is 0.471 e. The van der Waals surface area contributed by atoms with Crippen LogP contribution in [0.1, 0.15) is 0 Å². The Bertz CT molecular complexity index is 481. The van der Waals surface area contributed by atoms with Gasteiger partial charge in [0.05, 0.1) is 7.11 Å². The van der Waals surface area contributed by atoms with Crippen LogP contribution in [0, 0.1) is 0 Å². The van der Waals surface area contributed by atoms with Crippen LogP contribution in [0.15, 0.2) is 12.1 Å². The third-order valence-electron chi connectivity index (χ3n) is 1.80. The number of ether oxygens (including phenoxy) is 3. The van der Waals surface area contributed by atoms with Crippen molar-refractivity contribution < 1.29 is 67.3 Å². The molecule has 0 saturated carbocycles. The largest absolute Gasteiger partial charge is 0.471 e. The Morgan fingerprint density at radius 3 is 1.61 bits per heavy atom. The van der Waals surface area contributed by atoms with Crippen molar-refractivity contribution in [3.63, 3.8) is 0 Å². The van der Waals surface area contributed by atoms with Crippen molar-refractivity contribution in [1.82, 2.24) is 0 Å². The Hall–Kier alpha value is -1.80. The lowest BCUT2D eigenvalue weighted by Crippen LogP contribution is -2.61. The van der Waals surface area contributed by atoms with Gasteiger partial charge in [-0.2, -0.15) is 48.3 Å². The van der Waals surface area contributed by atoms with Gasteiger partial charge < -0.3 is 9.47 Å². The van der Waals surface area contributed by atoms with Crippen LogP contribution in [-0.2, 0) is 19.0 Å². The molecule has 0 bridgehead atoms. The second kappa shape index (κ2) is 6.37. The van der Waals surface area contributed by atoms with E-state index in [0.29, 0.717) is 0 Å². The molecule has 1 unspecified atom stereocenters. The van der Waals surface area contributed by atoms with Crippen molar-refractivity contribution in [2.75, 3.05) is 7.11 Å². The summed E-state index contributed by atoms with van der Waals surface area (Å²) in [5.74, 6) is -9.95. The minimum Gasteiger partial charge on any atom is -0.463 e. The van der Waals surface area contributed by atoms with Gasteiger partial charge in [0.15, 0.2) is 0 Å². The number of esters is 1. The summed E-state index contributed by atoms with van der Waals surface area (Å²) in [6.07, 6.45) is -23.6. The molecule has 0 aliphatic rings. The first-order valence-corrected chi connectivity index (χ1v) is 4.71. The summed E-state index contributed by atoms with van der Waals surface area (Å²) in [6, 6.07) is -3.70. The maximum atomic E-state index is 13.3. The van der Waals surface area contributed by atoms with Crippen LogP contribution in [0.3, 0.4) is 0 Å². The van der Waals surface area contributed by atoms with Gasteiger partial charge in [-0.1, -0.05) is 0 Å². The molecule has 0 aliphatic carbocycles. The molecule has 0 aromatic rings. The highest BCUT2D eigenvalue weighted by Gasteiger charge is 2.79. The highest BCUT2D eigenvalue weighted by atomic mass is 19.4. The van der Waals surface area contributed by atoms with E-state index in [-0.39, 0.29) is 7.11 Å². The number of carbonyl (C=O) groups excluding carboxylic acids is 1. The summed E-state index contributed by atoms with van der Waals surface area (Å²) < 4.78 is 144. The zero-order valence-electron chi connectivity index (χ0n) is 10.3. The number of methoxy groups -OCH3 is 1. The van der Waals surface area contributed by atoms with Gasteiger partial charge in [0.2, 0.25) is 0 Å². The minimum atomic E-state index is -7.08. The molecule has 0 aliphatic heterocycles. The monoisotopic (exact) mass is 372 g/mol. The van der Waals surface area contributed by atoms with Gasteiger partial charge in [-0.15, -0.1) is 0 Å². The van der Waals surface area contributed by atoms with Gasteiger partial charge in [-0.05, 0) is 0 Å². The number of rotatable bonds is 6. The Labute approximate surface area is 118 Å². The van der Waals surface area contributed by atoms with E-state index in [1.165, 1.54) is 0 Å². The first-order valence-electron chi connectivity index (χ1n) is 4.71. The van der Waals surface area contributed by atoms with Crippen molar-refractivity contribution in [1.29, 1.82) is 0 Å². The van der Waals surface area contributed by atoms with Crippen LogP contribution < -0.4 is 0 Å². The second-order valence-corrected chi connectivity index (χ2v) is 3.36. The first-order chi connectivity index (χ1) is 10.0. The summed E-state index contributed by atoms with van der Waals surface area (Å²) >= 11 is 0. The lowest BCUT2D eigenvalue weighted by Gasteiger charge is -2.34. The minimum absolute atomic E-state index is 0.141. The fourth-order valence-corrected chi connectivity index (χ4v) is 0.836. The number of halogens is 11. The van der Waals surface area contributed by atoms with E-state index in [9.17, 15) is 53.1 Å². The van der Waals surface area contributed by atoms with E-state index in [4.69, 9.17) is 0 Å². The number of hydrogen-bond donors (Lipinski definition) is 0. The zero-order chi connectivity index (χ0) is 18.9. The molecule has 0 aromatic carbocycles. The van der Waals surface area contributed by atoms with Gasteiger partial charge in [0, 0.05) is 0 Å². The first kappa shape index (κ1) is 21.2. The third-order valence-corrected chi connectivity index (χ3v) is 1.80. The Kier molecular flexibility index (Phi) is 5.87. The van der Waals surface area contributed by atoms with E-state index < -0.39 is 42.3 Å². The van der Waals surface area contributed by atoms with E-state index in [0.717, 1.165) is 0 Å². The van der Waals surface area contributed by atoms with Crippen LogP contribution in [0.5, 0.6) is 0 Å². The van der Waals surface area contributed by atoms with E-state index >= 15 is 0 Å². The molecule has 0 rings (SSSR count). The molecule has 0 saturated heterocycles. The average molecular weight is 372 g/mol. The van der Waals surface area contributed by atoms with E-state index in [2.05, 4.69) is 14.2 Å². The molecule has 0 aromatic heterocycles.